The number of rotatable bonds is 7. The Hall–Kier alpha value is -2.28. The first-order chi connectivity index (χ1) is 13.9. The van der Waals surface area contributed by atoms with Crippen LogP contribution in [0.15, 0.2) is 18.2 Å². The molecule has 2 fully saturated rings. The van der Waals surface area contributed by atoms with Gasteiger partial charge in [-0.2, -0.15) is 0 Å². The molecule has 160 valence electrons. The van der Waals surface area contributed by atoms with Gasteiger partial charge < -0.3 is 24.6 Å². The fourth-order valence-corrected chi connectivity index (χ4v) is 4.48. The lowest BCUT2D eigenvalue weighted by Gasteiger charge is -2.46. The second-order valence-corrected chi connectivity index (χ2v) is 8.37. The molecule has 0 aromatic heterocycles. The first kappa shape index (κ1) is 21.4. The Bertz CT molecular complexity index is 715. The summed E-state index contributed by atoms with van der Waals surface area (Å²) in [6.07, 6.45) is 3.56. The maximum atomic E-state index is 13.2. The highest BCUT2D eigenvalue weighted by atomic mass is 16.5. The minimum absolute atomic E-state index is 0.0281. The number of carbonyl (C=O) groups is 2. The summed E-state index contributed by atoms with van der Waals surface area (Å²) >= 11 is 0. The van der Waals surface area contributed by atoms with Gasteiger partial charge in [-0.25, -0.2) is 0 Å². The predicted molar refractivity (Wildman–Crippen MR) is 111 cm³/mol. The van der Waals surface area contributed by atoms with E-state index in [1.807, 2.05) is 4.90 Å². The van der Waals surface area contributed by atoms with Crippen LogP contribution < -0.4 is 14.8 Å². The van der Waals surface area contributed by atoms with Crippen LogP contribution in [0.3, 0.4) is 0 Å². The molecule has 0 aliphatic carbocycles. The fraction of sp³-hybridized carbons (Fsp3) is 0.636. The van der Waals surface area contributed by atoms with Crippen LogP contribution >= 0.6 is 0 Å². The molecule has 2 bridgehead atoms. The summed E-state index contributed by atoms with van der Waals surface area (Å²) < 4.78 is 10.6. The summed E-state index contributed by atoms with van der Waals surface area (Å²) in [5.74, 6) is 2.34. The molecule has 1 aromatic carbocycles. The van der Waals surface area contributed by atoms with Gasteiger partial charge in [-0.3, -0.25) is 9.59 Å². The second kappa shape index (κ2) is 9.48. The summed E-state index contributed by atoms with van der Waals surface area (Å²) in [7, 11) is 6.77. The monoisotopic (exact) mass is 403 g/mol. The van der Waals surface area contributed by atoms with Crippen molar-refractivity contribution in [1.29, 1.82) is 0 Å². The zero-order chi connectivity index (χ0) is 21.0. The van der Waals surface area contributed by atoms with Gasteiger partial charge in [0.2, 0.25) is 5.91 Å². The third kappa shape index (κ3) is 5.21. The van der Waals surface area contributed by atoms with Crippen LogP contribution in [0.25, 0.3) is 0 Å². The molecule has 1 N–H and O–H groups in total. The van der Waals surface area contributed by atoms with Gasteiger partial charge in [-0.1, -0.05) is 0 Å². The van der Waals surface area contributed by atoms with Gasteiger partial charge in [0.15, 0.2) is 0 Å². The third-order valence-electron chi connectivity index (χ3n) is 6.10. The summed E-state index contributed by atoms with van der Waals surface area (Å²) in [6.45, 7) is 2.44. The maximum Gasteiger partial charge on any atom is 0.254 e. The maximum absolute atomic E-state index is 13.2. The minimum atomic E-state index is 0.0281. The van der Waals surface area contributed by atoms with Crippen molar-refractivity contribution in [3.8, 4) is 11.5 Å². The van der Waals surface area contributed by atoms with Crippen molar-refractivity contribution in [3.05, 3.63) is 23.8 Å². The van der Waals surface area contributed by atoms with Crippen molar-refractivity contribution in [3.63, 3.8) is 0 Å². The number of fused-ring (bicyclic) bond motifs is 2. The number of hydrogen-bond donors (Lipinski definition) is 1. The Balaban J connectivity index is 1.64. The summed E-state index contributed by atoms with van der Waals surface area (Å²) in [5, 5.41) is 3.66. The normalized spacial score (nSPS) is 23.4. The number of piperidine rings is 2. The van der Waals surface area contributed by atoms with Gasteiger partial charge in [0.05, 0.1) is 14.2 Å². The van der Waals surface area contributed by atoms with Crippen molar-refractivity contribution in [1.82, 2.24) is 15.1 Å². The molecule has 3 rings (SSSR count). The molecule has 0 saturated carbocycles. The molecule has 3 atom stereocenters. The number of nitrogens with one attached hydrogen (secondary N) is 1. The number of nitrogens with zero attached hydrogens (tertiary/aromatic N) is 2. The minimum Gasteiger partial charge on any atom is -0.497 e. The Morgan fingerprint density at radius 3 is 2.45 bits per heavy atom. The lowest BCUT2D eigenvalue weighted by Crippen LogP contribution is -2.57. The molecule has 2 amide bonds. The zero-order valence-corrected chi connectivity index (χ0v) is 17.9. The number of likely N-dealkylation sites (tertiary alicyclic amines) is 1. The van der Waals surface area contributed by atoms with E-state index in [0.717, 1.165) is 38.9 Å². The van der Waals surface area contributed by atoms with Crippen LogP contribution in [0.2, 0.25) is 0 Å². The van der Waals surface area contributed by atoms with Crippen LogP contribution in [0.4, 0.5) is 0 Å². The van der Waals surface area contributed by atoms with E-state index in [0.29, 0.717) is 41.4 Å². The lowest BCUT2D eigenvalue weighted by atomic mass is 9.79. The highest BCUT2D eigenvalue weighted by Crippen LogP contribution is 2.32. The average Bonchev–Trinajstić information content (AvgIpc) is 2.73. The van der Waals surface area contributed by atoms with Crippen LogP contribution in [0, 0.1) is 11.8 Å². The van der Waals surface area contributed by atoms with E-state index < -0.39 is 0 Å². The van der Waals surface area contributed by atoms with Gasteiger partial charge in [-0.05, 0) is 49.8 Å². The molecule has 0 radical (unpaired) electrons. The first-order valence-electron chi connectivity index (χ1n) is 10.4. The average molecular weight is 404 g/mol. The molecular formula is C22H33N3O4. The third-order valence-corrected chi connectivity index (χ3v) is 6.10. The summed E-state index contributed by atoms with van der Waals surface area (Å²) in [6, 6.07) is 5.68. The predicted octanol–water partition coefficient (Wildman–Crippen LogP) is 2.01. The topological polar surface area (TPSA) is 71.1 Å². The van der Waals surface area contributed by atoms with E-state index in [1.165, 1.54) is 0 Å². The van der Waals surface area contributed by atoms with E-state index in [9.17, 15) is 9.59 Å². The van der Waals surface area contributed by atoms with E-state index in [1.54, 1.807) is 51.4 Å². The Kier molecular flexibility index (Phi) is 7.00. The van der Waals surface area contributed by atoms with Crippen molar-refractivity contribution in [2.75, 3.05) is 47.9 Å². The molecule has 29 heavy (non-hydrogen) atoms. The highest BCUT2D eigenvalue weighted by Gasteiger charge is 2.38. The van der Waals surface area contributed by atoms with Gasteiger partial charge in [-0.15, -0.1) is 0 Å². The van der Waals surface area contributed by atoms with Crippen molar-refractivity contribution in [2.24, 2.45) is 11.8 Å². The molecular weight excluding hydrogens is 370 g/mol. The number of benzene rings is 1. The van der Waals surface area contributed by atoms with Crippen molar-refractivity contribution in [2.45, 2.75) is 31.7 Å². The second-order valence-electron chi connectivity index (χ2n) is 8.37. The fourth-order valence-electron chi connectivity index (χ4n) is 4.48. The molecule has 0 unspecified atom stereocenters. The Morgan fingerprint density at radius 2 is 1.83 bits per heavy atom. The van der Waals surface area contributed by atoms with E-state index in [4.69, 9.17) is 9.47 Å². The standard InChI is InChI=1S/C22H33N3O4/c1-24(2)21(26)7-5-6-20-17-8-15(12-23-20)13-25(14-17)22(27)16-9-18(28-3)11-19(10-16)29-4/h9-11,15,17,20,23H,5-8,12-14H2,1-4H3/t15-,17+,20+/m0/s1. The van der Waals surface area contributed by atoms with E-state index in [2.05, 4.69) is 5.32 Å². The van der Waals surface area contributed by atoms with Crippen molar-refractivity contribution < 1.29 is 19.1 Å². The molecule has 7 heteroatoms. The molecule has 7 nitrogen and oxygen atoms in total. The molecule has 2 heterocycles. The number of ether oxygens (including phenoxy) is 2. The largest absolute Gasteiger partial charge is 0.497 e. The molecule has 1 aromatic rings. The lowest BCUT2D eigenvalue weighted by molar-refractivity contribution is -0.128. The summed E-state index contributed by atoms with van der Waals surface area (Å²) in [4.78, 5) is 28.7. The SMILES string of the molecule is COc1cc(OC)cc(C(=O)N2C[C@@H]3CN[C@H](CCCC(=O)N(C)C)[C@H](C3)C2)c1. The van der Waals surface area contributed by atoms with Gasteiger partial charge in [0.1, 0.15) is 11.5 Å². The van der Waals surface area contributed by atoms with Crippen molar-refractivity contribution >= 4 is 11.8 Å². The van der Waals surface area contributed by atoms with Crippen LogP contribution in [-0.2, 0) is 4.79 Å². The summed E-state index contributed by atoms with van der Waals surface area (Å²) in [5.41, 5.74) is 0.599. The Morgan fingerprint density at radius 1 is 1.14 bits per heavy atom. The number of carbonyl (C=O) groups excluding carboxylic acids is 2. The van der Waals surface area contributed by atoms with Gasteiger partial charge >= 0.3 is 0 Å². The zero-order valence-electron chi connectivity index (χ0n) is 17.9. The van der Waals surface area contributed by atoms with Gasteiger partial charge in [0.25, 0.3) is 5.91 Å². The number of hydrogen-bond acceptors (Lipinski definition) is 5. The molecule has 2 saturated heterocycles. The molecule has 2 aliphatic rings. The smallest absolute Gasteiger partial charge is 0.254 e. The first-order valence-corrected chi connectivity index (χ1v) is 10.4. The highest BCUT2D eigenvalue weighted by molar-refractivity contribution is 5.95. The number of amides is 2. The van der Waals surface area contributed by atoms with Crippen LogP contribution in [0.5, 0.6) is 11.5 Å². The van der Waals surface area contributed by atoms with Gasteiger partial charge in [0, 0.05) is 51.3 Å². The van der Waals surface area contributed by atoms with E-state index >= 15 is 0 Å². The Labute approximate surface area is 173 Å². The van der Waals surface area contributed by atoms with E-state index in [-0.39, 0.29) is 11.8 Å². The quantitative estimate of drug-likeness (QED) is 0.754. The van der Waals surface area contributed by atoms with Crippen LogP contribution in [0.1, 0.15) is 36.0 Å². The number of methoxy groups -OCH3 is 2. The molecule has 2 aliphatic heterocycles. The van der Waals surface area contributed by atoms with Crippen LogP contribution in [-0.4, -0.2) is 75.6 Å². The molecule has 0 spiro atoms.